The number of carbonyl (C=O) groups is 1. The number of furan rings is 1. The average Bonchev–Trinajstić information content (AvgIpc) is 3.19. The van der Waals surface area contributed by atoms with Crippen LogP contribution in [0.25, 0.3) is 11.0 Å². The minimum absolute atomic E-state index is 0.103. The highest BCUT2D eigenvalue weighted by Gasteiger charge is 2.19. The van der Waals surface area contributed by atoms with E-state index in [2.05, 4.69) is 11.9 Å². The van der Waals surface area contributed by atoms with Crippen LogP contribution in [0.1, 0.15) is 33.7 Å². The molecule has 5 nitrogen and oxygen atoms in total. The summed E-state index contributed by atoms with van der Waals surface area (Å²) in [6.07, 6.45) is 0.792. The second-order valence-electron chi connectivity index (χ2n) is 5.35. The Morgan fingerprint density at radius 3 is 2.87 bits per heavy atom. The quantitative estimate of drug-likeness (QED) is 0.780. The van der Waals surface area contributed by atoms with Gasteiger partial charge in [-0.25, -0.2) is 4.98 Å². The van der Waals surface area contributed by atoms with Crippen LogP contribution in [0.2, 0.25) is 0 Å². The van der Waals surface area contributed by atoms with E-state index in [1.165, 1.54) is 11.3 Å². The number of amides is 1. The number of rotatable bonds is 5. The van der Waals surface area contributed by atoms with Crippen molar-refractivity contribution in [3.63, 3.8) is 0 Å². The minimum Gasteiger partial charge on any atom is -0.461 e. The number of hydrogen-bond acceptors (Lipinski definition) is 5. The van der Waals surface area contributed by atoms with Gasteiger partial charge in [0.05, 0.1) is 0 Å². The zero-order chi connectivity index (χ0) is 16.4. The first-order valence-electron chi connectivity index (χ1n) is 7.53. The molecule has 0 saturated carbocycles. The van der Waals surface area contributed by atoms with Crippen molar-refractivity contribution in [1.82, 2.24) is 9.88 Å². The van der Waals surface area contributed by atoms with Crippen LogP contribution >= 0.6 is 11.3 Å². The first-order valence-corrected chi connectivity index (χ1v) is 8.41. The van der Waals surface area contributed by atoms with Gasteiger partial charge in [0.15, 0.2) is 0 Å². The molecule has 2 N–H and O–H groups in total. The molecule has 23 heavy (non-hydrogen) atoms. The molecule has 0 saturated heterocycles. The third-order valence-electron chi connectivity index (χ3n) is 3.79. The molecule has 1 amide bonds. The van der Waals surface area contributed by atoms with Crippen molar-refractivity contribution < 1.29 is 9.21 Å². The Balaban J connectivity index is 1.87. The average molecular weight is 329 g/mol. The number of nitrogens with zero attached hydrogens (tertiary/aromatic N) is 2. The van der Waals surface area contributed by atoms with Gasteiger partial charge in [-0.2, -0.15) is 0 Å². The van der Waals surface area contributed by atoms with Crippen molar-refractivity contribution in [2.75, 3.05) is 7.05 Å². The lowest BCUT2D eigenvalue weighted by Gasteiger charge is -2.16. The molecule has 3 rings (SSSR count). The maximum absolute atomic E-state index is 12.5. The van der Waals surface area contributed by atoms with E-state index in [1.807, 2.05) is 24.3 Å². The van der Waals surface area contributed by atoms with E-state index in [0.717, 1.165) is 33.7 Å². The molecule has 0 spiro atoms. The van der Waals surface area contributed by atoms with Crippen molar-refractivity contribution in [3.05, 3.63) is 51.7 Å². The molecule has 0 aliphatic rings. The molecule has 0 unspecified atom stereocenters. The number of para-hydroxylation sites is 1. The Bertz CT molecular complexity index is 837. The van der Waals surface area contributed by atoms with Gasteiger partial charge in [0.25, 0.3) is 5.91 Å². The summed E-state index contributed by atoms with van der Waals surface area (Å²) in [5.74, 6) is 0.819. The molecule has 2 heterocycles. The standard InChI is InChI=1S/C17H19N3O2S/c1-3-14-12(11-6-4-5-7-15(11)22-14)9-20(2)17(21)13-10-23-16(8-18)19-13/h4-7,10H,3,8-9,18H2,1-2H3. The summed E-state index contributed by atoms with van der Waals surface area (Å²) in [5.41, 5.74) is 7.93. The largest absolute Gasteiger partial charge is 0.461 e. The Labute approximate surface area is 138 Å². The summed E-state index contributed by atoms with van der Waals surface area (Å²) in [6.45, 7) is 2.90. The van der Waals surface area contributed by atoms with Crippen molar-refractivity contribution in [1.29, 1.82) is 0 Å². The number of carbonyl (C=O) groups excluding carboxylic acids is 1. The van der Waals surface area contributed by atoms with Gasteiger partial charge >= 0.3 is 0 Å². The smallest absolute Gasteiger partial charge is 0.273 e. The third-order valence-corrected chi connectivity index (χ3v) is 4.66. The Morgan fingerprint density at radius 2 is 2.17 bits per heavy atom. The van der Waals surface area contributed by atoms with Gasteiger partial charge in [-0.15, -0.1) is 11.3 Å². The lowest BCUT2D eigenvalue weighted by atomic mass is 10.1. The number of hydrogen-bond donors (Lipinski definition) is 1. The predicted molar refractivity (Wildman–Crippen MR) is 91.4 cm³/mol. The van der Waals surface area contributed by atoms with Crippen molar-refractivity contribution in [2.45, 2.75) is 26.4 Å². The third kappa shape index (κ3) is 3.00. The second kappa shape index (κ2) is 6.52. The molecule has 0 aliphatic carbocycles. The molecule has 0 radical (unpaired) electrons. The zero-order valence-corrected chi connectivity index (χ0v) is 14.0. The van der Waals surface area contributed by atoms with E-state index in [-0.39, 0.29) is 5.91 Å². The van der Waals surface area contributed by atoms with Crippen molar-refractivity contribution >= 4 is 28.2 Å². The molecule has 0 atom stereocenters. The number of thiazole rings is 1. The summed E-state index contributed by atoms with van der Waals surface area (Å²) in [6, 6.07) is 7.92. The van der Waals surface area contributed by atoms with Gasteiger partial charge in [-0.05, 0) is 6.07 Å². The molecular formula is C17H19N3O2S. The van der Waals surface area contributed by atoms with Gasteiger partial charge in [-0.3, -0.25) is 4.79 Å². The maximum Gasteiger partial charge on any atom is 0.273 e. The Kier molecular flexibility index (Phi) is 4.45. The fourth-order valence-corrected chi connectivity index (χ4v) is 3.26. The van der Waals surface area contributed by atoms with Gasteiger partial charge in [0.1, 0.15) is 22.0 Å². The van der Waals surface area contributed by atoms with Crippen molar-refractivity contribution in [3.8, 4) is 0 Å². The van der Waals surface area contributed by atoms with E-state index < -0.39 is 0 Å². The summed E-state index contributed by atoms with van der Waals surface area (Å²) in [4.78, 5) is 18.5. The van der Waals surface area contributed by atoms with Crippen LogP contribution in [0.3, 0.4) is 0 Å². The van der Waals surface area contributed by atoms with Crippen LogP contribution in [0.5, 0.6) is 0 Å². The first kappa shape index (κ1) is 15.7. The summed E-state index contributed by atoms with van der Waals surface area (Å²) >= 11 is 1.41. The molecule has 0 bridgehead atoms. The maximum atomic E-state index is 12.5. The minimum atomic E-state index is -0.103. The number of aryl methyl sites for hydroxylation is 1. The second-order valence-corrected chi connectivity index (χ2v) is 6.29. The van der Waals surface area contributed by atoms with Gasteiger partial charge in [0.2, 0.25) is 0 Å². The number of benzene rings is 1. The fourth-order valence-electron chi connectivity index (χ4n) is 2.62. The van der Waals surface area contributed by atoms with E-state index >= 15 is 0 Å². The van der Waals surface area contributed by atoms with E-state index in [1.54, 1.807) is 17.3 Å². The molecular weight excluding hydrogens is 310 g/mol. The van der Waals surface area contributed by atoms with Crippen LogP contribution < -0.4 is 5.73 Å². The van der Waals surface area contributed by atoms with E-state index in [0.29, 0.717) is 18.8 Å². The van der Waals surface area contributed by atoms with E-state index in [9.17, 15) is 4.79 Å². The molecule has 1 aromatic carbocycles. The monoisotopic (exact) mass is 329 g/mol. The van der Waals surface area contributed by atoms with Crippen molar-refractivity contribution in [2.24, 2.45) is 5.73 Å². The zero-order valence-electron chi connectivity index (χ0n) is 13.2. The van der Waals surface area contributed by atoms with Crippen LogP contribution in [0, 0.1) is 0 Å². The highest BCUT2D eigenvalue weighted by atomic mass is 32.1. The fraction of sp³-hybridized carbons (Fsp3) is 0.294. The summed E-state index contributed by atoms with van der Waals surface area (Å²) < 4.78 is 5.89. The Morgan fingerprint density at radius 1 is 1.39 bits per heavy atom. The normalized spacial score (nSPS) is 11.1. The predicted octanol–water partition coefficient (Wildman–Crippen LogP) is 3.18. The molecule has 3 aromatic rings. The van der Waals surface area contributed by atoms with Crippen LogP contribution in [0.15, 0.2) is 34.1 Å². The number of nitrogens with two attached hydrogens (primary N) is 1. The Hall–Kier alpha value is -2.18. The van der Waals surface area contributed by atoms with Gasteiger partial charge in [-0.1, -0.05) is 25.1 Å². The molecule has 0 aliphatic heterocycles. The lowest BCUT2D eigenvalue weighted by molar-refractivity contribution is 0.0780. The van der Waals surface area contributed by atoms with Gasteiger partial charge < -0.3 is 15.1 Å². The van der Waals surface area contributed by atoms with E-state index in [4.69, 9.17) is 10.2 Å². The molecule has 120 valence electrons. The molecule has 2 aromatic heterocycles. The number of fused-ring (bicyclic) bond motifs is 1. The SMILES string of the molecule is CCc1oc2ccccc2c1CN(C)C(=O)c1csc(CN)n1. The van der Waals surface area contributed by atoms with Crippen LogP contribution in [0.4, 0.5) is 0 Å². The molecule has 6 heteroatoms. The lowest BCUT2D eigenvalue weighted by Crippen LogP contribution is -2.26. The highest BCUT2D eigenvalue weighted by molar-refractivity contribution is 7.09. The highest BCUT2D eigenvalue weighted by Crippen LogP contribution is 2.27. The van der Waals surface area contributed by atoms with Crippen LogP contribution in [-0.4, -0.2) is 22.8 Å². The topological polar surface area (TPSA) is 72.4 Å². The number of aromatic nitrogens is 1. The van der Waals surface area contributed by atoms with Crippen LogP contribution in [-0.2, 0) is 19.5 Å². The van der Waals surface area contributed by atoms with Gasteiger partial charge in [0, 0.05) is 42.9 Å². The summed E-state index contributed by atoms with van der Waals surface area (Å²) in [5, 5.41) is 3.59. The molecule has 0 fully saturated rings. The summed E-state index contributed by atoms with van der Waals surface area (Å²) in [7, 11) is 1.78. The first-order chi connectivity index (χ1) is 11.1.